The van der Waals surface area contributed by atoms with E-state index in [-0.39, 0.29) is 43.8 Å². The first-order valence-corrected chi connectivity index (χ1v) is 14.5. The summed E-state index contributed by atoms with van der Waals surface area (Å²) in [5, 5.41) is 38.1. The minimum absolute atomic E-state index is 0. The monoisotopic (exact) mass is 454 g/mol. The zero-order chi connectivity index (χ0) is 22.2. The van der Waals surface area contributed by atoms with Gasteiger partial charge in [0.1, 0.15) is 0 Å². The predicted molar refractivity (Wildman–Crippen MR) is 116 cm³/mol. The summed E-state index contributed by atoms with van der Waals surface area (Å²) in [5.74, 6) is 0. The van der Waals surface area contributed by atoms with Crippen LogP contribution in [-0.4, -0.2) is 43.8 Å². The maximum absolute atomic E-state index is 9.53. The third-order valence-electron chi connectivity index (χ3n) is 3.49. The molecule has 6 heteroatoms. The van der Waals surface area contributed by atoms with Crippen molar-refractivity contribution < 1.29 is 38.3 Å². The van der Waals surface area contributed by atoms with Crippen molar-refractivity contribution in [3.05, 3.63) is 0 Å². The summed E-state index contributed by atoms with van der Waals surface area (Å²) in [6.07, 6.45) is 7.46. The molecule has 0 spiro atoms. The molecule has 170 valence electrons. The molecule has 0 aliphatic heterocycles. The van der Waals surface area contributed by atoms with E-state index in [1.165, 1.54) is 14.2 Å². The average molecular weight is 454 g/mol. The molecule has 0 aromatic carbocycles. The van der Waals surface area contributed by atoms with Crippen LogP contribution >= 0.6 is 0 Å². The molecule has 0 atom stereocenters. The van der Waals surface area contributed by atoms with E-state index in [4.69, 9.17) is 0 Å². The zero-order valence-corrected chi connectivity index (χ0v) is 23.0. The molecule has 0 aromatic heterocycles. The van der Waals surface area contributed by atoms with Gasteiger partial charge in [0.2, 0.25) is 0 Å². The number of hydrogen-bond donors (Lipinski definition) is 0. The van der Waals surface area contributed by atoms with Gasteiger partial charge in [0.25, 0.3) is 0 Å². The molecule has 0 saturated heterocycles. The van der Waals surface area contributed by atoms with E-state index in [2.05, 4.69) is 20.8 Å². The number of unbranched alkanes of at least 4 members (excludes halogenated alkanes) is 4. The van der Waals surface area contributed by atoms with Gasteiger partial charge in [0, 0.05) is 17.4 Å². The van der Waals surface area contributed by atoms with Crippen molar-refractivity contribution >= 4 is 17.4 Å². The molecule has 0 fully saturated rings. The molecule has 28 heavy (non-hydrogen) atoms. The van der Waals surface area contributed by atoms with E-state index in [1.807, 2.05) is 27.7 Å². The Hall–Kier alpha value is 1.09. The zero-order valence-electron chi connectivity index (χ0n) is 20.3. The van der Waals surface area contributed by atoms with Gasteiger partial charge >= 0.3 is 52.8 Å². The van der Waals surface area contributed by atoms with Crippen LogP contribution in [0.25, 0.3) is 0 Å². The summed E-state index contributed by atoms with van der Waals surface area (Å²) in [7, 11) is 0. The van der Waals surface area contributed by atoms with Gasteiger partial charge in [-0.25, -0.2) is 0 Å². The molecular formula is C22H51AlO4Ti. The van der Waals surface area contributed by atoms with Crippen molar-refractivity contribution in [3.8, 4) is 0 Å². The molecule has 0 aliphatic carbocycles. The Morgan fingerprint density at radius 1 is 0.429 bits per heavy atom. The van der Waals surface area contributed by atoms with E-state index in [0.29, 0.717) is 0 Å². The van der Waals surface area contributed by atoms with Crippen molar-refractivity contribution in [2.75, 3.05) is 26.4 Å². The van der Waals surface area contributed by atoms with Gasteiger partial charge in [0.15, 0.2) is 0 Å². The molecule has 3 radical (unpaired) electrons. The van der Waals surface area contributed by atoms with Crippen LogP contribution in [0.5, 0.6) is 0 Å². The van der Waals surface area contributed by atoms with E-state index < -0.39 is 17.9 Å². The van der Waals surface area contributed by atoms with Gasteiger partial charge in [-0.15, -0.1) is 26.4 Å². The standard InChI is InChI=1S/4C4H9O.3C2H5.Al.Ti/c4*1-2-3-4-5;3*1-2;;/h4*2-4H2,1H3;3*1H2,2H3;;/q4*-1;;;;;+4. The summed E-state index contributed by atoms with van der Waals surface area (Å²) in [5.41, 5.74) is 0. The van der Waals surface area contributed by atoms with Crippen LogP contribution in [0.3, 0.4) is 0 Å². The molecule has 0 aromatic rings. The predicted octanol–water partition coefficient (Wildman–Crippen LogP) is 3.13. The summed E-state index contributed by atoms with van der Waals surface area (Å²) >= 11 is -0.403. The van der Waals surface area contributed by atoms with Gasteiger partial charge in [-0.2, -0.15) is 0 Å². The maximum atomic E-state index is 9.53. The van der Waals surface area contributed by atoms with Crippen LogP contribution in [0.1, 0.15) is 99.8 Å². The number of hydrogen-bond acceptors (Lipinski definition) is 4. The summed E-state index contributed by atoms with van der Waals surface area (Å²) in [4.78, 5) is 0. The largest absolute Gasteiger partial charge is 0 e. The number of rotatable bonds is 11. The van der Waals surface area contributed by atoms with E-state index in [1.54, 1.807) is 0 Å². The quantitative estimate of drug-likeness (QED) is 0.449. The fraction of sp³-hybridized carbons (Fsp3) is 1.00. The van der Waals surface area contributed by atoms with E-state index in [0.717, 1.165) is 51.4 Å². The van der Waals surface area contributed by atoms with Crippen molar-refractivity contribution in [2.24, 2.45) is 0 Å². The molecule has 0 saturated carbocycles. The molecule has 0 unspecified atom stereocenters. The van der Waals surface area contributed by atoms with Crippen molar-refractivity contribution in [1.29, 1.82) is 0 Å². The molecule has 0 bridgehead atoms. The Kier molecular flexibility index (Phi) is 87.0. The van der Waals surface area contributed by atoms with E-state index >= 15 is 0 Å². The fourth-order valence-corrected chi connectivity index (χ4v) is 3.67. The van der Waals surface area contributed by atoms with E-state index in [9.17, 15) is 20.4 Å². The second-order valence-corrected chi connectivity index (χ2v) is 11.7. The van der Waals surface area contributed by atoms with Crippen molar-refractivity contribution in [1.82, 2.24) is 0 Å². The van der Waals surface area contributed by atoms with Gasteiger partial charge < -0.3 is 20.4 Å². The molecule has 0 heterocycles. The molecule has 0 rings (SSSR count). The minimum atomic E-state index is -0.403. The molecule has 0 N–H and O–H groups in total. The third kappa shape index (κ3) is 81.0. The topological polar surface area (TPSA) is 92.2 Å². The first-order chi connectivity index (χ1) is 13.0. The van der Waals surface area contributed by atoms with Gasteiger partial charge in [-0.1, -0.05) is 79.1 Å². The Bertz CT molecular complexity index is 137. The first kappa shape index (κ1) is 43.0. The van der Waals surface area contributed by atoms with Crippen LogP contribution in [0.4, 0.5) is 0 Å². The van der Waals surface area contributed by atoms with Gasteiger partial charge in [0.05, 0.1) is 0 Å². The molecular weight excluding hydrogens is 403 g/mol. The molecule has 0 aliphatic rings. The van der Waals surface area contributed by atoms with Crippen LogP contribution in [0.15, 0.2) is 0 Å². The van der Waals surface area contributed by atoms with Crippen molar-refractivity contribution in [3.63, 3.8) is 0 Å². The van der Waals surface area contributed by atoms with Crippen LogP contribution in [0, 0.1) is 0 Å². The molecule has 4 nitrogen and oxygen atoms in total. The maximum Gasteiger partial charge on any atom is 0 e. The fourth-order valence-electron chi connectivity index (χ4n) is 1.33. The smallest absolute Gasteiger partial charge is 0 e. The van der Waals surface area contributed by atoms with Crippen LogP contribution in [0.2, 0.25) is 14.2 Å². The van der Waals surface area contributed by atoms with Crippen molar-refractivity contribution in [2.45, 2.75) is 114 Å². The summed E-state index contributed by atoms with van der Waals surface area (Å²) in [6.45, 7) is 15.4. The first-order valence-electron chi connectivity index (χ1n) is 11.2. The second kappa shape index (κ2) is 56.6. The summed E-state index contributed by atoms with van der Waals surface area (Å²) in [6, 6.07) is 0. The Labute approximate surface area is 195 Å². The Balaban J connectivity index is -0.0000000540. The van der Waals surface area contributed by atoms with Gasteiger partial charge in [-0.3, -0.25) is 0 Å². The van der Waals surface area contributed by atoms with Crippen LogP contribution in [-0.2, 0) is 17.9 Å². The van der Waals surface area contributed by atoms with Crippen LogP contribution < -0.4 is 20.4 Å². The van der Waals surface area contributed by atoms with Gasteiger partial charge in [-0.05, 0) is 0 Å². The minimum Gasteiger partial charge on any atom is 0 e. The summed E-state index contributed by atoms with van der Waals surface area (Å²) < 4.78 is 4.56. The second-order valence-electron chi connectivity index (χ2n) is 6.04. The Morgan fingerprint density at radius 3 is 0.607 bits per heavy atom. The third-order valence-corrected chi connectivity index (χ3v) is 8.18. The SMILES string of the molecule is CCCC[O-].CCCC[O-].CCCC[O-].CCCC[O-].C[CH2][Ti+4]([CH2]C)[CH2]C.[Al]. The molecule has 0 amide bonds. The average Bonchev–Trinajstić information content (AvgIpc) is 2.68. The normalized spacial score (nSPS) is 7.93. The Morgan fingerprint density at radius 2 is 0.607 bits per heavy atom.